The maximum atomic E-state index is 12.3. The highest BCUT2D eigenvalue weighted by Crippen LogP contribution is 2.31. The highest BCUT2D eigenvalue weighted by molar-refractivity contribution is 5.77. The molecule has 0 spiro atoms. The normalized spacial score (nSPS) is 24.1. The van der Waals surface area contributed by atoms with Gasteiger partial charge in [-0.2, -0.15) is 0 Å². The second-order valence-corrected chi connectivity index (χ2v) is 8.98. The molecule has 1 saturated heterocycles. The highest BCUT2D eigenvalue weighted by atomic mass is 16.7. The molecule has 35 heavy (non-hydrogen) atoms. The van der Waals surface area contributed by atoms with Gasteiger partial charge >= 0.3 is 12.1 Å². The molecule has 196 valence electrons. The summed E-state index contributed by atoms with van der Waals surface area (Å²) in [6.45, 7) is 5.66. The number of ether oxygens (including phenoxy) is 3. The number of nitrogens with two attached hydrogens (primary N) is 1. The standard InChI is InChI=1S/C23H35N3O9/c1-12(2)20(29)25(4)8-9-26(5)23(32)33-11-14-6-7-16(15(24)10-14)34-22-18(28)17(27)13(3)19(35-22)21(30)31/h6-7,10,12-13,17-19,22,27-28H,8-9,11,24H2,1-5H3,(H,30,31). The number of benzene rings is 1. The number of carboxylic acid groups (broad SMARTS) is 1. The maximum Gasteiger partial charge on any atom is 0.409 e. The number of hydrogen-bond acceptors (Lipinski definition) is 9. The number of aliphatic hydroxyl groups excluding tert-OH is 2. The zero-order valence-electron chi connectivity index (χ0n) is 20.6. The van der Waals surface area contributed by atoms with E-state index >= 15 is 0 Å². The predicted molar refractivity (Wildman–Crippen MR) is 124 cm³/mol. The number of amides is 2. The van der Waals surface area contributed by atoms with Crippen molar-refractivity contribution in [2.75, 3.05) is 32.9 Å². The second-order valence-electron chi connectivity index (χ2n) is 8.98. The van der Waals surface area contributed by atoms with E-state index in [0.717, 1.165) is 0 Å². The number of nitrogens with zero attached hydrogens (tertiary/aromatic N) is 2. The molecule has 0 saturated carbocycles. The fraction of sp³-hybridized carbons (Fsp3) is 0.609. The SMILES string of the molecule is CC(C)C(=O)N(C)CCN(C)C(=O)OCc1ccc(OC2OC(C(=O)O)C(C)C(O)C2O)c(N)c1. The molecular formula is C23H35N3O9. The van der Waals surface area contributed by atoms with Crippen LogP contribution in [0.5, 0.6) is 5.75 Å². The Bertz CT molecular complexity index is 910. The molecule has 5 atom stereocenters. The van der Waals surface area contributed by atoms with Crippen LogP contribution >= 0.6 is 0 Å². The van der Waals surface area contributed by atoms with Gasteiger partial charge in [-0.05, 0) is 17.7 Å². The van der Waals surface area contributed by atoms with E-state index in [1.54, 1.807) is 38.9 Å². The summed E-state index contributed by atoms with van der Waals surface area (Å²) < 4.78 is 16.1. The van der Waals surface area contributed by atoms with Crippen molar-refractivity contribution in [1.29, 1.82) is 0 Å². The fourth-order valence-corrected chi connectivity index (χ4v) is 3.50. The summed E-state index contributed by atoms with van der Waals surface area (Å²) >= 11 is 0. The van der Waals surface area contributed by atoms with Crippen LogP contribution in [0.25, 0.3) is 0 Å². The summed E-state index contributed by atoms with van der Waals surface area (Å²) in [5, 5.41) is 29.6. The molecule has 1 aliphatic rings. The Morgan fingerprint density at radius 3 is 2.31 bits per heavy atom. The number of carboxylic acids is 1. The van der Waals surface area contributed by atoms with Gasteiger partial charge in [-0.1, -0.05) is 26.8 Å². The van der Waals surface area contributed by atoms with E-state index in [0.29, 0.717) is 18.7 Å². The van der Waals surface area contributed by atoms with Crippen LogP contribution in [0.4, 0.5) is 10.5 Å². The Morgan fingerprint density at radius 1 is 1.11 bits per heavy atom. The molecule has 1 aromatic rings. The zero-order valence-corrected chi connectivity index (χ0v) is 20.6. The Hall–Kier alpha value is -3.09. The van der Waals surface area contributed by atoms with E-state index in [1.807, 2.05) is 0 Å². The minimum Gasteiger partial charge on any atom is -0.479 e. The maximum absolute atomic E-state index is 12.3. The second kappa shape index (κ2) is 12.0. The number of hydrogen-bond donors (Lipinski definition) is 4. The Labute approximate surface area is 204 Å². The first-order chi connectivity index (χ1) is 16.3. The molecule has 2 rings (SSSR count). The van der Waals surface area contributed by atoms with Crippen LogP contribution in [0, 0.1) is 11.8 Å². The number of aliphatic carboxylic acids is 1. The van der Waals surface area contributed by atoms with Crippen molar-refractivity contribution in [3.05, 3.63) is 23.8 Å². The number of nitrogen functional groups attached to an aromatic ring is 1. The lowest BCUT2D eigenvalue weighted by atomic mass is 9.91. The van der Waals surface area contributed by atoms with Crippen molar-refractivity contribution in [3.8, 4) is 5.75 Å². The van der Waals surface area contributed by atoms with Crippen LogP contribution in [-0.2, 0) is 25.7 Å². The fourth-order valence-electron chi connectivity index (χ4n) is 3.50. The molecule has 1 aliphatic heterocycles. The van der Waals surface area contributed by atoms with Gasteiger partial charge in [-0.25, -0.2) is 9.59 Å². The molecule has 12 heteroatoms. The number of anilines is 1. The Kier molecular flexibility index (Phi) is 9.69. The number of carbonyl (C=O) groups is 3. The highest BCUT2D eigenvalue weighted by Gasteiger charge is 2.46. The lowest BCUT2D eigenvalue weighted by Crippen LogP contribution is -2.57. The third kappa shape index (κ3) is 7.20. The van der Waals surface area contributed by atoms with Gasteiger partial charge in [0.15, 0.2) is 6.10 Å². The summed E-state index contributed by atoms with van der Waals surface area (Å²) in [5.74, 6) is -2.17. The van der Waals surface area contributed by atoms with E-state index in [2.05, 4.69) is 0 Å². The van der Waals surface area contributed by atoms with Gasteiger partial charge in [0.2, 0.25) is 12.2 Å². The van der Waals surface area contributed by atoms with E-state index in [9.17, 15) is 29.7 Å². The van der Waals surface area contributed by atoms with Crippen molar-refractivity contribution in [2.45, 2.75) is 52.0 Å². The van der Waals surface area contributed by atoms with E-state index in [1.165, 1.54) is 24.0 Å². The minimum atomic E-state index is -1.48. The third-order valence-corrected chi connectivity index (χ3v) is 5.80. The quantitative estimate of drug-likeness (QED) is 0.352. The van der Waals surface area contributed by atoms with Crippen LogP contribution in [-0.4, -0.2) is 94.9 Å². The molecule has 1 aromatic carbocycles. The lowest BCUT2D eigenvalue weighted by Gasteiger charge is -2.39. The zero-order chi connectivity index (χ0) is 26.4. The Balaban J connectivity index is 1.92. The van der Waals surface area contributed by atoms with E-state index in [4.69, 9.17) is 19.9 Å². The molecular weight excluding hydrogens is 462 g/mol. The number of carbonyl (C=O) groups excluding carboxylic acids is 2. The van der Waals surface area contributed by atoms with Crippen LogP contribution in [0.2, 0.25) is 0 Å². The van der Waals surface area contributed by atoms with E-state index < -0.39 is 42.6 Å². The molecule has 12 nitrogen and oxygen atoms in total. The monoisotopic (exact) mass is 497 g/mol. The first-order valence-electron chi connectivity index (χ1n) is 11.3. The van der Waals surface area contributed by atoms with Crippen LogP contribution in [0.3, 0.4) is 0 Å². The first-order valence-corrected chi connectivity index (χ1v) is 11.3. The minimum absolute atomic E-state index is 0.0156. The van der Waals surface area contributed by atoms with Crippen LogP contribution < -0.4 is 10.5 Å². The van der Waals surface area contributed by atoms with Crippen LogP contribution in [0.15, 0.2) is 18.2 Å². The molecule has 0 aromatic heterocycles. The average Bonchev–Trinajstić information content (AvgIpc) is 2.81. The summed E-state index contributed by atoms with van der Waals surface area (Å²) in [5.41, 5.74) is 6.71. The predicted octanol–water partition coefficient (Wildman–Crippen LogP) is 0.498. The largest absolute Gasteiger partial charge is 0.479 e. The first kappa shape index (κ1) is 28.1. The third-order valence-electron chi connectivity index (χ3n) is 5.80. The summed E-state index contributed by atoms with van der Waals surface area (Å²) in [6.07, 6.45) is -6.22. The smallest absolute Gasteiger partial charge is 0.409 e. The van der Waals surface area contributed by atoms with Gasteiger partial charge in [0, 0.05) is 39.0 Å². The van der Waals surface area contributed by atoms with Gasteiger partial charge in [0.05, 0.1) is 11.8 Å². The van der Waals surface area contributed by atoms with E-state index in [-0.39, 0.29) is 29.9 Å². The molecule has 0 bridgehead atoms. The van der Waals surface area contributed by atoms with Crippen molar-refractivity contribution in [3.63, 3.8) is 0 Å². The Morgan fingerprint density at radius 2 is 1.74 bits per heavy atom. The number of likely N-dealkylation sites (N-methyl/N-ethyl adjacent to an activating group) is 2. The lowest BCUT2D eigenvalue weighted by molar-refractivity contribution is -0.255. The molecule has 5 N–H and O–H groups in total. The summed E-state index contributed by atoms with van der Waals surface area (Å²) in [6, 6.07) is 4.54. The number of rotatable bonds is 9. The summed E-state index contributed by atoms with van der Waals surface area (Å²) in [4.78, 5) is 38.5. The molecule has 1 fully saturated rings. The molecule has 0 radical (unpaired) electrons. The van der Waals surface area contributed by atoms with Gasteiger partial charge < -0.3 is 45.1 Å². The van der Waals surface area contributed by atoms with Crippen molar-refractivity contribution >= 4 is 23.7 Å². The number of aliphatic hydroxyl groups is 2. The van der Waals surface area contributed by atoms with Crippen molar-refractivity contribution < 1.29 is 43.9 Å². The van der Waals surface area contributed by atoms with Gasteiger partial charge in [0.25, 0.3) is 0 Å². The topological polar surface area (TPSA) is 172 Å². The molecule has 5 unspecified atom stereocenters. The average molecular weight is 498 g/mol. The molecule has 0 aliphatic carbocycles. The van der Waals surface area contributed by atoms with Crippen molar-refractivity contribution in [1.82, 2.24) is 9.80 Å². The summed E-state index contributed by atoms with van der Waals surface area (Å²) in [7, 11) is 3.24. The van der Waals surface area contributed by atoms with Gasteiger partial charge in [-0.15, -0.1) is 0 Å². The molecule has 2 amide bonds. The van der Waals surface area contributed by atoms with Gasteiger partial charge in [-0.3, -0.25) is 4.79 Å². The molecule has 1 heterocycles. The van der Waals surface area contributed by atoms with Gasteiger partial charge in [0.1, 0.15) is 18.5 Å². The van der Waals surface area contributed by atoms with Crippen molar-refractivity contribution in [2.24, 2.45) is 11.8 Å². The van der Waals surface area contributed by atoms with Crippen LogP contribution in [0.1, 0.15) is 26.3 Å².